The molecule has 1 aliphatic rings. The Morgan fingerprint density at radius 2 is 2.00 bits per heavy atom. The van der Waals surface area contributed by atoms with Gasteiger partial charge in [0.1, 0.15) is 0 Å². The summed E-state index contributed by atoms with van der Waals surface area (Å²) in [4.78, 5) is 22.7. The molecule has 2 rings (SSSR count). The van der Waals surface area contributed by atoms with Crippen molar-refractivity contribution in [3.63, 3.8) is 0 Å². The summed E-state index contributed by atoms with van der Waals surface area (Å²) >= 11 is 0. The quantitative estimate of drug-likeness (QED) is 0.907. The maximum absolute atomic E-state index is 12.3. The van der Waals surface area contributed by atoms with Gasteiger partial charge in [-0.1, -0.05) is 12.1 Å². The van der Waals surface area contributed by atoms with Gasteiger partial charge in [0.25, 0.3) is 0 Å². The summed E-state index contributed by atoms with van der Waals surface area (Å²) in [6, 6.07) is 6.07. The molecule has 1 N–H and O–H groups in total. The molecule has 1 aliphatic heterocycles. The molecule has 0 bridgehead atoms. The summed E-state index contributed by atoms with van der Waals surface area (Å²) in [5.41, 5.74) is 0.727. The molecule has 1 fully saturated rings. The third-order valence-electron chi connectivity index (χ3n) is 3.32. The van der Waals surface area contributed by atoms with Crippen molar-refractivity contribution in [1.82, 2.24) is 4.90 Å². The molecule has 1 amide bonds. The van der Waals surface area contributed by atoms with Gasteiger partial charge in [0.2, 0.25) is 0 Å². The Morgan fingerprint density at radius 3 is 2.60 bits per heavy atom. The number of carboxylic acid groups (broad SMARTS) is 1. The van der Waals surface area contributed by atoms with Crippen LogP contribution in [-0.4, -0.2) is 41.1 Å². The Bertz CT molecular complexity index is 542. The van der Waals surface area contributed by atoms with Gasteiger partial charge >= 0.3 is 18.1 Å². The van der Waals surface area contributed by atoms with Gasteiger partial charge in [-0.05, 0) is 24.1 Å². The van der Waals surface area contributed by atoms with E-state index in [1.54, 1.807) is 12.1 Å². The Hall–Kier alpha value is -2.05. The van der Waals surface area contributed by atoms with E-state index >= 15 is 0 Å². The summed E-state index contributed by atoms with van der Waals surface area (Å²) in [6.45, 7) is -0.0122. The number of halogens is 3. The zero-order valence-electron chi connectivity index (χ0n) is 10.4. The second-order valence-electron chi connectivity index (χ2n) is 4.67. The number of alkyl halides is 3. The number of carbonyl (C=O) groups is 2. The van der Waals surface area contributed by atoms with Crippen LogP contribution >= 0.6 is 0 Å². The van der Waals surface area contributed by atoms with Crippen molar-refractivity contribution in [3.8, 4) is 0 Å². The van der Waals surface area contributed by atoms with E-state index < -0.39 is 18.1 Å². The minimum atomic E-state index is -4.86. The lowest BCUT2D eigenvalue weighted by Crippen LogP contribution is -2.39. The van der Waals surface area contributed by atoms with Crippen LogP contribution in [0.5, 0.6) is 0 Å². The highest BCUT2D eigenvalue weighted by molar-refractivity contribution is 5.87. The maximum Gasteiger partial charge on any atom is 0.471 e. The van der Waals surface area contributed by atoms with Crippen LogP contribution < -0.4 is 0 Å². The van der Waals surface area contributed by atoms with Crippen LogP contribution in [0.3, 0.4) is 0 Å². The van der Waals surface area contributed by atoms with Gasteiger partial charge in [-0.25, -0.2) is 4.79 Å². The van der Waals surface area contributed by atoms with E-state index in [1.165, 1.54) is 12.1 Å². The lowest BCUT2D eigenvalue weighted by Gasteiger charge is -2.18. The third kappa shape index (κ3) is 2.92. The first kappa shape index (κ1) is 14.4. The lowest BCUT2D eigenvalue weighted by atomic mass is 9.97. The highest BCUT2D eigenvalue weighted by Crippen LogP contribution is 2.30. The van der Waals surface area contributed by atoms with Crippen molar-refractivity contribution in [2.45, 2.75) is 18.5 Å². The number of aromatic carboxylic acids is 1. The molecule has 0 saturated carbocycles. The number of rotatable bonds is 2. The third-order valence-corrected chi connectivity index (χ3v) is 3.32. The smallest absolute Gasteiger partial charge is 0.471 e. The number of nitrogens with zero attached hydrogens (tertiary/aromatic N) is 1. The first-order chi connectivity index (χ1) is 9.29. The van der Waals surface area contributed by atoms with E-state index in [4.69, 9.17) is 5.11 Å². The molecule has 108 valence electrons. The van der Waals surface area contributed by atoms with Crippen molar-refractivity contribution in [2.75, 3.05) is 13.1 Å². The van der Waals surface area contributed by atoms with Crippen LogP contribution in [0, 0.1) is 0 Å². The number of benzene rings is 1. The molecule has 0 aliphatic carbocycles. The Balaban J connectivity index is 2.12. The molecule has 1 saturated heterocycles. The minimum Gasteiger partial charge on any atom is -0.478 e. The molecular formula is C13H12F3NO3. The van der Waals surface area contributed by atoms with Crippen LogP contribution in [-0.2, 0) is 4.79 Å². The van der Waals surface area contributed by atoms with Crippen molar-refractivity contribution in [3.05, 3.63) is 35.4 Å². The van der Waals surface area contributed by atoms with Gasteiger partial charge in [0.15, 0.2) is 0 Å². The molecule has 20 heavy (non-hydrogen) atoms. The zero-order valence-corrected chi connectivity index (χ0v) is 10.4. The molecule has 1 aromatic rings. The second-order valence-corrected chi connectivity index (χ2v) is 4.67. The number of hydrogen-bond donors (Lipinski definition) is 1. The zero-order chi connectivity index (χ0) is 14.9. The van der Waals surface area contributed by atoms with E-state index in [0.29, 0.717) is 12.0 Å². The largest absolute Gasteiger partial charge is 0.478 e. The first-order valence-electron chi connectivity index (χ1n) is 5.98. The van der Waals surface area contributed by atoms with Crippen molar-refractivity contribution < 1.29 is 27.9 Å². The number of carbonyl (C=O) groups excluding carboxylic acids is 1. The molecule has 0 aromatic heterocycles. The van der Waals surface area contributed by atoms with Crippen LogP contribution in [0.4, 0.5) is 13.2 Å². The maximum atomic E-state index is 12.3. The summed E-state index contributed by atoms with van der Waals surface area (Å²) in [7, 11) is 0. The molecule has 4 nitrogen and oxygen atoms in total. The van der Waals surface area contributed by atoms with E-state index in [9.17, 15) is 22.8 Å². The van der Waals surface area contributed by atoms with Gasteiger partial charge in [-0.3, -0.25) is 4.79 Å². The minimum absolute atomic E-state index is 0.0281. The number of amides is 1. The Kier molecular flexibility index (Phi) is 3.69. The standard InChI is InChI=1S/C13H12F3NO3/c14-13(15,16)12(20)17-5-4-10(7-17)8-2-1-3-9(6-8)11(18)19/h1-3,6,10H,4-5,7H2,(H,18,19). The summed E-state index contributed by atoms with van der Waals surface area (Å²) in [5, 5.41) is 8.89. The topological polar surface area (TPSA) is 57.6 Å². The fraction of sp³-hybridized carbons (Fsp3) is 0.385. The molecule has 7 heteroatoms. The average molecular weight is 287 g/mol. The first-order valence-corrected chi connectivity index (χ1v) is 5.98. The van der Waals surface area contributed by atoms with Crippen LogP contribution in [0.1, 0.15) is 28.3 Å². The average Bonchev–Trinajstić information content (AvgIpc) is 2.86. The van der Waals surface area contributed by atoms with E-state index in [1.807, 2.05) is 0 Å². The SMILES string of the molecule is O=C(O)c1cccc(C2CCN(C(=O)C(F)(F)F)C2)c1. The summed E-state index contributed by atoms with van der Waals surface area (Å²) < 4.78 is 37.0. The molecule has 0 radical (unpaired) electrons. The second kappa shape index (κ2) is 5.15. The Labute approximate surface area is 112 Å². The number of carboxylic acids is 1. The summed E-state index contributed by atoms with van der Waals surface area (Å²) in [6.07, 6.45) is -4.47. The summed E-state index contributed by atoms with van der Waals surface area (Å²) in [5.74, 6) is -3.19. The molecule has 1 aromatic carbocycles. The fourth-order valence-corrected chi connectivity index (χ4v) is 2.32. The van der Waals surface area contributed by atoms with Crippen molar-refractivity contribution in [2.24, 2.45) is 0 Å². The predicted octanol–water partition coefficient (Wildman–Crippen LogP) is 2.26. The highest BCUT2D eigenvalue weighted by atomic mass is 19.4. The molecule has 1 unspecified atom stereocenters. The molecule has 1 atom stereocenters. The van der Waals surface area contributed by atoms with Gasteiger partial charge in [0.05, 0.1) is 5.56 Å². The normalized spacial score (nSPS) is 19.1. The highest BCUT2D eigenvalue weighted by Gasteiger charge is 2.44. The van der Waals surface area contributed by atoms with Crippen molar-refractivity contribution in [1.29, 1.82) is 0 Å². The van der Waals surface area contributed by atoms with Crippen LogP contribution in [0.25, 0.3) is 0 Å². The van der Waals surface area contributed by atoms with Crippen LogP contribution in [0.2, 0.25) is 0 Å². The van der Waals surface area contributed by atoms with Gasteiger partial charge in [0, 0.05) is 19.0 Å². The molecule has 0 spiro atoms. The van der Waals surface area contributed by atoms with Crippen molar-refractivity contribution >= 4 is 11.9 Å². The van der Waals surface area contributed by atoms with E-state index in [-0.39, 0.29) is 24.6 Å². The molecular weight excluding hydrogens is 275 g/mol. The Morgan fingerprint density at radius 1 is 1.30 bits per heavy atom. The van der Waals surface area contributed by atoms with Gasteiger partial charge < -0.3 is 10.0 Å². The lowest BCUT2D eigenvalue weighted by molar-refractivity contribution is -0.184. The predicted molar refractivity (Wildman–Crippen MR) is 63.4 cm³/mol. The van der Waals surface area contributed by atoms with Crippen LogP contribution in [0.15, 0.2) is 24.3 Å². The monoisotopic (exact) mass is 287 g/mol. The van der Waals surface area contributed by atoms with E-state index in [2.05, 4.69) is 0 Å². The number of likely N-dealkylation sites (tertiary alicyclic amines) is 1. The molecule has 1 heterocycles. The van der Waals surface area contributed by atoms with Gasteiger partial charge in [-0.2, -0.15) is 13.2 Å². The van der Waals surface area contributed by atoms with E-state index in [0.717, 1.165) is 4.90 Å². The number of hydrogen-bond acceptors (Lipinski definition) is 2. The van der Waals surface area contributed by atoms with Gasteiger partial charge in [-0.15, -0.1) is 0 Å². The fourth-order valence-electron chi connectivity index (χ4n) is 2.32.